The quantitative estimate of drug-likeness (QED) is 0.197. The molecule has 2 atom stereocenters. The molecule has 242 valence electrons. The lowest BCUT2D eigenvalue weighted by Gasteiger charge is -2.32. The van der Waals surface area contributed by atoms with Gasteiger partial charge in [0, 0.05) is 43.4 Å². The normalized spacial score (nSPS) is 16.4. The molecule has 2 N–H and O–H groups in total. The van der Waals surface area contributed by atoms with Crippen LogP contribution in [0.25, 0.3) is 76.9 Å². The third-order valence-corrected chi connectivity index (χ3v) is 10.2. The average Bonchev–Trinajstić information content (AvgIpc) is 3.88. The highest BCUT2D eigenvalue weighted by molar-refractivity contribution is 6.12. The number of fused-ring (bicyclic) bond motifs is 9. The fourth-order valence-corrected chi connectivity index (χ4v) is 7.67. The first kappa shape index (κ1) is 28.2. The molecule has 0 saturated heterocycles. The number of benzene rings is 7. The number of hydrogen-bond donors (Lipinski definition) is 2. The maximum atomic E-state index is 6.39. The van der Waals surface area contributed by atoms with E-state index in [0.29, 0.717) is 0 Å². The predicted octanol–water partition coefficient (Wildman–Crippen LogP) is 11.4. The lowest BCUT2D eigenvalue weighted by atomic mass is 9.99. The molecule has 2 unspecified atom stereocenters. The van der Waals surface area contributed by atoms with Gasteiger partial charge in [0.15, 0.2) is 0 Å². The molecule has 0 fully saturated rings. The van der Waals surface area contributed by atoms with Crippen LogP contribution in [0.15, 0.2) is 170 Å². The minimum Gasteiger partial charge on any atom is -0.456 e. The Morgan fingerprint density at radius 2 is 1.02 bits per heavy atom. The fraction of sp³-hybridized carbons (Fsp3) is 0.0444. The molecule has 0 spiro atoms. The summed E-state index contributed by atoms with van der Waals surface area (Å²) in [6, 6.07) is 52.2. The topological polar surface area (TPSA) is 75.8 Å². The van der Waals surface area contributed by atoms with Gasteiger partial charge in [0.25, 0.3) is 0 Å². The zero-order valence-electron chi connectivity index (χ0n) is 27.3. The fourth-order valence-electron chi connectivity index (χ4n) is 7.67. The summed E-state index contributed by atoms with van der Waals surface area (Å²) in [5.41, 5.74) is 10.5. The highest BCUT2D eigenvalue weighted by Crippen LogP contribution is 2.39. The second-order valence-corrected chi connectivity index (χ2v) is 13.2. The Hall–Kier alpha value is -6.63. The number of amidine groups is 1. The molecule has 1 aliphatic heterocycles. The number of hydrogen-bond acceptors (Lipinski definition) is 6. The van der Waals surface area contributed by atoms with Crippen LogP contribution in [0.4, 0.5) is 0 Å². The van der Waals surface area contributed by atoms with Crippen LogP contribution in [-0.2, 0) is 0 Å². The van der Waals surface area contributed by atoms with Gasteiger partial charge in [-0.1, -0.05) is 97.1 Å². The molecule has 7 aromatic carbocycles. The zero-order chi connectivity index (χ0) is 33.5. The molecule has 6 heteroatoms. The first-order valence-corrected chi connectivity index (χ1v) is 17.2. The van der Waals surface area contributed by atoms with Gasteiger partial charge in [-0.05, 0) is 71.3 Å². The Morgan fingerprint density at radius 3 is 1.82 bits per heavy atom. The van der Waals surface area contributed by atoms with E-state index in [1.165, 1.54) is 0 Å². The third kappa shape index (κ3) is 4.50. The van der Waals surface area contributed by atoms with Crippen LogP contribution < -0.4 is 10.6 Å². The Labute approximate surface area is 291 Å². The molecule has 0 radical (unpaired) electrons. The highest BCUT2D eigenvalue weighted by atomic mass is 16.3. The van der Waals surface area contributed by atoms with Gasteiger partial charge in [0.05, 0.1) is 0 Å². The maximum Gasteiger partial charge on any atom is 0.143 e. The van der Waals surface area contributed by atoms with E-state index >= 15 is 0 Å². The first-order valence-electron chi connectivity index (χ1n) is 17.2. The summed E-state index contributed by atoms with van der Waals surface area (Å²) in [6.07, 6.45) is -0.474. The molecule has 4 heterocycles. The van der Waals surface area contributed by atoms with Crippen LogP contribution in [-0.4, -0.2) is 5.84 Å². The van der Waals surface area contributed by atoms with Crippen molar-refractivity contribution in [1.82, 2.24) is 10.6 Å². The second-order valence-electron chi connectivity index (χ2n) is 13.2. The molecule has 1 aliphatic rings. The summed E-state index contributed by atoms with van der Waals surface area (Å²) in [5.74, 6) is 0.818. The van der Waals surface area contributed by atoms with Crippen LogP contribution >= 0.6 is 0 Å². The van der Waals surface area contributed by atoms with Crippen molar-refractivity contribution in [3.8, 4) is 11.1 Å². The van der Waals surface area contributed by atoms with E-state index in [0.717, 1.165) is 99.5 Å². The van der Waals surface area contributed by atoms with Crippen molar-refractivity contribution in [2.45, 2.75) is 12.3 Å². The minimum atomic E-state index is -0.315. The van der Waals surface area contributed by atoms with Gasteiger partial charge in [-0.2, -0.15) is 0 Å². The van der Waals surface area contributed by atoms with Crippen LogP contribution in [0.1, 0.15) is 29.0 Å². The molecule has 6 nitrogen and oxygen atoms in total. The molecule has 0 amide bonds. The number of para-hydroxylation sites is 3. The number of rotatable bonds is 4. The summed E-state index contributed by atoms with van der Waals surface area (Å²) < 4.78 is 18.9. The van der Waals surface area contributed by atoms with Crippen molar-refractivity contribution in [2.75, 3.05) is 0 Å². The summed E-state index contributed by atoms with van der Waals surface area (Å²) in [6.45, 7) is 0. The van der Waals surface area contributed by atoms with Crippen molar-refractivity contribution < 1.29 is 13.3 Å². The predicted molar refractivity (Wildman–Crippen MR) is 205 cm³/mol. The largest absolute Gasteiger partial charge is 0.456 e. The van der Waals surface area contributed by atoms with Gasteiger partial charge in [-0.15, -0.1) is 0 Å². The molecular weight excluding hydrogens is 631 g/mol. The summed E-state index contributed by atoms with van der Waals surface area (Å²) in [4.78, 5) is 5.28. The highest BCUT2D eigenvalue weighted by Gasteiger charge is 2.26. The Balaban J connectivity index is 1.04. The second kappa shape index (κ2) is 10.9. The van der Waals surface area contributed by atoms with Gasteiger partial charge >= 0.3 is 0 Å². The Kier molecular flexibility index (Phi) is 6.05. The summed E-state index contributed by atoms with van der Waals surface area (Å²) in [7, 11) is 0. The average molecular weight is 660 g/mol. The van der Waals surface area contributed by atoms with Crippen molar-refractivity contribution >= 4 is 71.7 Å². The molecule has 0 saturated carbocycles. The van der Waals surface area contributed by atoms with Crippen molar-refractivity contribution in [3.63, 3.8) is 0 Å². The molecule has 10 aromatic rings. The first-order chi connectivity index (χ1) is 25.2. The van der Waals surface area contributed by atoms with Crippen molar-refractivity contribution in [3.05, 3.63) is 168 Å². The maximum absolute atomic E-state index is 6.39. The van der Waals surface area contributed by atoms with E-state index in [1.807, 2.05) is 42.5 Å². The minimum absolute atomic E-state index is 0.159. The van der Waals surface area contributed by atoms with Crippen LogP contribution in [0, 0.1) is 0 Å². The van der Waals surface area contributed by atoms with Gasteiger partial charge in [-0.25, -0.2) is 4.99 Å². The number of furan rings is 3. The molecular formula is C45H29N3O3. The van der Waals surface area contributed by atoms with Gasteiger partial charge in [0.2, 0.25) is 0 Å². The third-order valence-electron chi connectivity index (χ3n) is 10.2. The van der Waals surface area contributed by atoms with E-state index in [-0.39, 0.29) is 12.3 Å². The number of nitrogens with zero attached hydrogens (tertiary/aromatic N) is 1. The van der Waals surface area contributed by atoms with E-state index in [9.17, 15) is 0 Å². The molecule has 0 bridgehead atoms. The zero-order valence-corrected chi connectivity index (χ0v) is 27.3. The summed E-state index contributed by atoms with van der Waals surface area (Å²) >= 11 is 0. The molecule has 0 aliphatic carbocycles. The Bertz CT molecular complexity index is 3000. The van der Waals surface area contributed by atoms with E-state index in [1.54, 1.807) is 0 Å². The lowest BCUT2D eigenvalue weighted by molar-refractivity contribution is 0.409. The van der Waals surface area contributed by atoms with E-state index < -0.39 is 0 Å². The van der Waals surface area contributed by atoms with Gasteiger partial charge < -0.3 is 18.6 Å². The van der Waals surface area contributed by atoms with Crippen LogP contribution in [0.5, 0.6) is 0 Å². The van der Waals surface area contributed by atoms with Crippen LogP contribution in [0.3, 0.4) is 0 Å². The molecule has 11 rings (SSSR count). The van der Waals surface area contributed by atoms with Gasteiger partial charge in [-0.3, -0.25) is 5.32 Å². The summed E-state index contributed by atoms with van der Waals surface area (Å²) in [5, 5.41) is 13.9. The van der Waals surface area contributed by atoms with E-state index in [2.05, 4.69) is 120 Å². The molecule has 51 heavy (non-hydrogen) atoms. The standard InChI is InChI=1S/C45H29N3O3/c1-2-9-26(10-3-1)43-46-44(28-18-21-39-34(24-28)32-12-5-6-15-37(32)49-39)48-45(47-43)29-19-22-41-36(25-29)35-23-27(17-20-40(35)50-41)30-13-8-14-33-31-11-4-7-16-38(31)51-42(30)33/h1-25,43,45,47H,(H,46,48). The molecule has 3 aromatic heterocycles. The van der Waals surface area contributed by atoms with Crippen molar-refractivity contribution in [2.24, 2.45) is 4.99 Å². The van der Waals surface area contributed by atoms with Crippen molar-refractivity contribution in [1.29, 1.82) is 0 Å². The van der Waals surface area contributed by atoms with Gasteiger partial charge in [0.1, 0.15) is 51.7 Å². The smallest absolute Gasteiger partial charge is 0.143 e. The number of nitrogens with one attached hydrogen (secondary N) is 2. The van der Waals surface area contributed by atoms with Crippen LogP contribution in [0.2, 0.25) is 0 Å². The number of aliphatic imine (C=N–C) groups is 1. The SMILES string of the molecule is c1ccc(C2NC(c3ccc4oc5ccccc5c4c3)=NC(c3ccc4oc5ccc(-c6cccc7c6oc6ccccc67)cc5c4c3)N2)cc1. The Morgan fingerprint density at radius 1 is 0.431 bits per heavy atom. The van der Waals surface area contributed by atoms with E-state index in [4.69, 9.17) is 18.2 Å². The monoisotopic (exact) mass is 659 g/mol. The lowest BCUT2D eigenvalue weighted by Crippen LogP contribution is -2.44.